The number of piperidine rings is 2. The molecule has 1 amide bonds. The molecule has 0 bridgehead atoms. The summed E-state index contributed by atoms with van der Waals surface area (Å²) >= 11 is 5.98. The lowest BCUT2D eigenvalue weighted by Crippen LogP contribution is -2.23. The fourth-order valence-electron chi connectivity index (χ4n) is 6.83. The Bertz CT molecular complexity index is 1500. The van der Waals surface area contributed by atoms with Gasteiger partial charge in [0.05, 0.1) is 22.8 Å². The topological polar surface area (TPSA) is 82.6 Å². The van der Waals surface area contributed by atoms with E-state index in [1.165, 1.54) is 38.0 Å². The fraction of sp³-hybridized carbons (Fsp3) is 0.452. The maximum absolute atomic E-state index is 13.7. The Morgan fingerprint density at radius 3 is 2.73 bits per heavy atom. The number of nitrogens with one attached hydrogen (secondary N) is 2. The van der Waals surface area contributed by atoms with Crippen LogP contribution in [0, 0.1) is 35.4 Å². The molecule has 0 spiro atoms. The van der Waals surface area contributed by atoms with Crippen LogP contribution in [0.4, 0.5) is 21.6 Å². The van der Waals surface area contributed by atoms with Gasteiger partial charge in [-0.05, 0) is 73.7 Å². The molecule has 2 saturated heterocycles. The number of hydrogen-bond acceptors (Lipinski definition) is 7. The van der Waals surface area contributed by atoms with Gasteiger partial charge in [0.2, 0.25) is 5.91 Å². The van der Waals surface area contributed by atoms with Crippen LogP contribution >= 0.6 is 11.6 Å². The molecule has 4 atom stereocenters. The maximum Gasteiger partial charge on any atom is 0.248 e. The molecule has 2 N–H and O–H groups in total. The van der Waals surface area contributed by atoms with E-state index in [1.807, 2.05) is 18.2 Å². The van der Waals surface area contributed by atoms with Crippen molar-refractivity contribution in [3.63, 3.8) is 0 Å². The van der Waals surface area contributed by atoms with Crippen molar-refractivity contribution in [2.75, 3.05) is 57.0 Å². The molecule has 2 aromatic carbocycles. The third-order valence-corrected chi connectivity index (χ3v) is 9.42. The number of ether oxygens (including phenoxy) is 1. The zero-order chi connectivity index (χ0) is 28.1. The van der Waals surface area contributed by atoms with Gasteiger partial charge in [-0.3, -0.25) is 9.69 Å². The van der Waals surface area contributed by atoms with Crippen LogP contribution in [0.3, 0.4) is 0 Å². The smallest absolute Gasteiger partial charge is 0.248 e. The SMILES string of the molecule is CN1CC2C(CCOc3cc4ncnc(Nc5ccc(F)c(Cl)c5)c4cc3NC(=O)/C=C/CN3CC4CC4C3)C2C1. The number of likely N-dealkylation sites (tertiary alicyclic amines) is 2. The summed E-state index contributed by atoms with van der Waals surface area (Å²) in [4.78, 5) is 26.6. The minimum Gasteiger partial charge on any atom is -0.491 e. The number of fused-ring (bicyclic) bond motifs is 3. The molecule has 214 valence electrons. The zero-order valence-corrected chi connectivity index (χ0v) is 23.8. The Kier molecular flexibility index (Phi) is 7.05. The lowest BCUT2D eigenvalue weighted by molar-refractivity contribution is -0.111. The molecule has 41 heavy (non-hydrogen) atoms. The van der Waals surface area contributed by atoms with Gasteiger partial charge in [0.25, 0.3) is 0 Å². The lowest BCUT2D eigenvalue weighted by Gasteiger charge is -2.16. The van der Waals surface area contributed by atoms with E-state index >= 15 is 0 Å². The molecule has 2 aliphatic heterocycles. The van der Waals surface area contributed by atoms with Crippen molar-refractivity contribution >= 4 is 45.6 Å². The maximum atomic E-state index is 13.7. The molecule has 2 saturated carbocycles. The van der Waals surface area contributed by atoms with Gasteiger partial charge in [0, 0.05) is 55.9 Å². The molecule has 10 heteroatoms. The van der Waals surface area contributed by atoms with E-state index in [1.54, 1.807) is 12.1 Å². The van der Waals surface area contributed by atoms with E-state index in [9.17, 15) is 9.18 Å². The average Bonchev–Trinajstić information content (AvgIpc) is 3.71. The summed E-state index contributed by atoms with van der Waals surface area (Å²) in [6, 6.07) is 8.07. The number of amides is 1. The third kappa shape index (κ3) is 5.76. The summed E-state index contributed by atoms with van der Waals surface area (Å²) in [5.41, 5.74) is 1.81. The van der Waals surface area contributed by atoms with Crippen molar-refractivity contribution in [2.24, 2.45) is 29.6 Å². The number of halogens is 2. The van der Waals surface area contributed by atoms with E-state index < -0.39 is 5.82 Å². The molecule has 3 aromatic rings. The molecule has 4 unspecified atom stereocenters. The monoisotopic (exact) mass is 576 g/mol. The van der Waals surface area contributed by atoms with E-state index in [4.69, 9.17) is 16.3 Å². The number of nitrogens with zero attached hydrogens (tertiary/aromatic N) is 4. The van der Waals surface area contributed by atoms with Crippen LogP contribution in [0.15, 0.2) is 48.8 Å². The van der Waals surface area contributed by atoms with Crippen LogP contribution in [0.5, 0.6) is 5.75 Å². The largest absolute Gasteiger partial charge is 0.491 e. The molecule has 7 rings (SSSR count). The van der Waals surface area contributed by atoms with Gasteiger partial charge >= 0.3 is 0 Å². The summed E-state index contributed by atoms with van der Waals surface area (Å²) in [6.07, 6.45) is 7.35. The summed E-state index contributed by atoms with van der Waals surface area (Å²) in [6.45, 7) is 5.96. The second kappa shape index (κ2) is 10.9. The predicted molar refractivity (Wildman–Crippen MR) is 158 cm³/mol. The number of rotatable bonds is 10. The van der Waals surface area contributed by atoms with Crippen molar-refractivity contribution in [3.8, 4) is 5.75 Å². The second-order valence-electron chi connectivity index (χ2n) is 12.1. The van der Waals surface area contributed by atoms with Gasteiger partial charge in [0.1, 0.15) is 23.7 Å². The molecule has 3 heterocycles. The molecule has 4 aliphatic rings. The Balaban J connectivity index is 1.09. The zero-order valence-electron chi connectivity index (χ0n) is 23.0. The fourth-order valence-corrected chi connectivity index (χ4v) is 7.01. The normalized spacial score (nSPS) is 26.8. The molecule has 8 nitrogen and oxygen atoms in total. The molecular formula is C31H34ClFN6O2. The van der Waals surface area contributed by atoms with Crippen molar-refractivity contribution in [1.82, 2.24) is 19.8 Å². The highest BCUT2D eigenvalue weighted by atomic mass is 35.5. The van der Waals surface area contributed by atoms with Crippen molar-refractivity contribution in [1.29, 1.82) is 0 Å². The Morgan fingerprint density at radius 2 is 1.95 bits per heavy atom. The first-order valence-corrected chi connectivity index (χ1v) is 14.8. The van der Waals surface area contributed by atoms with Crippen LogP contribution in [0.2, 0.25) is 5.02 Å². The minimum atomic E-state index is -0.493. The van der Waals surface area contributed by atoms with Crippen LogP contribution in [-0.2, 0) is 4.79 Å². The highest BCUT2D eigenvalue weighted by Crippen LogP contribution is 2.53. The number of anilines is 3. The Morgan fingerprint density at radius 1 is 1.15 bits per heavy atom. The van der Waals surface area contributed by atoms with Crippen molar-refractivity contribution < 1.29 is 13.9 Å². The summed E-state index contributed by atoms with van der Waals surface area (Å²) in [5, 5.41) is 6.93. The van der Waals surface area contributed by atoms with E-state index in [2.05, 4.69) is 37.4 Å². The molecule has 0 radical (unpaired) electrons. The van der Waals surface area contributed by atoms with Crippen LogP contribution in [-0.4, -0.2) is 72.1 Å². The standard InChI is InChI=1S/C31H34ClFN6O2/c1-38-15-23-21(24(23)16-38)6-8-41-29-12-27-22(31(35-17-34-27)36-20-4-5-26(33)25(32)10-20)11-28(29)37-30(40)3-2-7-39-13-18-9-19(18)14-39/h2-5,10-12,17-19,21,23-24H,6-9,13-16H2,1H3,(H,37,40)(H,34,35,36)/b3-2+. The Hall–Kier alpha value is -3.27. The lowest BCUT2D eigenvalue weighted by atomic mass is 10.1. The Labute approximate surface area is 243 Å². The number of benzene rings is 2. The van der Waals surface area contributed by atoms with Gasteiger partial charge in [0.15, 0.2) is 0 Å². The third-order valence-electron chi connectivity index (χ3n) is 9.13. The molecular weight excluding hydrogens is 543 g/mol. The van der Waals surface area contributed by atoms with Crippen molar-refractivity contribution in [2.45, 2.75) is 12.8 Å². The van der Waals surface area contributed by atoms with E-state index in [0.717, 1.165) is 49.7 Å². The number of aromatic nitrogens is 2. The van der Waals surface area contributed by atoms with E-state index in [0.29, 0.717) is 46.4 Å². The van der Waals surface area contributed by atoms with Crippen LogP contribution in [0.1, 0.15) is 12.8 Å². The van der Waals surface area contributed by atoms with Gasteiger partial charge in [-0.2, -0.15) is 0 Å². The first kappa shape index (κ1) is 26.6. The van der Waals surface area contributed by atoms with Gasteiger partial charge in [-0.15, -0.1) is 0 Å². The van der Waals surface area contributed by atoms with Gasteiger partial charge in [-0.1, -0.05) is 17.7 Å². The number of carbonyl (C=O) groups is 1. The summed E-state index contributed by atoms with van der Waals surface area (Å²) in [7, 11) is 2.18. The summed E-state index contributed by atoms with van der Waals surface area (Å²) in [5.74, 6) is 4.39. The first-order valence-electron chi connectivity index (χ1n) is 14.4. The van der Waals surface area contributed by atoms with Crippen molar-refractivity contribution in [3.05, 3.63) is 59.7 Å². The molecule has 4 fully saturated rings. The molecule has 2 aliphatic carbocycles. The van der Waals surface area contributed by atoms with Gasteiger partial charge < -0.3 is 20.3 Å². The average molecular weight is 577 g/mol. The number of carbonyl (C=O) groups excluding carboxylic acids is 1. The van der Waals surface area contributed by atoms with Crippen LogP contribution < -0.4 is 15.4 Å². The first-order chi connectivity index (χ1) is 19.9. The summed E-state index contributed by atoms with van der Waals surface area (Å²) < 4.78 is 20.0. The minimum absolute atomic E-state index is 0.0150. The highest BCUT2D eigenvalue weighted by Gasteiger charge is 2.54. The highest BCUT2D eigenvalue weighted by molar-refractivity contribution is 6.31. The van der Waals surface area contributed by atoms with Gasteiger partial charge in [-0.25, -0.2) is 14.4 Å². The van der Waals surface area contributed by atoms with E-state index in [-0.39, 0.29) is 10.9 Å². The second-order valence-corrected chi connectivity index (χ2v) is 12.5. The number of hydrogen-bond donors (Lipinski definition) is 2. The predicted octanol–water partition coefficient (Wildman–Crippen LogP) is 5.19. The van der Waals surface area contributed by atoms with Crippen LogP contribution in [0.25, 0.3) is 10.9 Å². The molecule has 1 aromatic heterocycles. The quantitative estimate of drug-likeness (QED) is 0.321.